The molecule has 5 aromatic rings. The van der Waals surface area contributed by atoms with Gasteiger partial charge in [0.15, 0.2) is 5.75 Å². The zero-order chi connectivity index (χ0) is 53.1. The van der Waals surface area contributed by atoms with Crippen molar-refractivity contribution < 1.29 is 47.1 Å². The highest BCUT2D eigenvalue weighted by Crippen LogP contribution is 2.53. The Kier molecular flexibility index (Phi) is 17.0. The van der Waals surface area contributed by atoms with Crippen molar-refractivity contribution >= 4 is 56.3 Å². The molecule has 2 saturated heterocycles. The predicted octanol–water partition coefficient (Wildman–Crippen LogP) is 10.7. The minimum Gasteiger partial charge on any atom is -0.490 e. The number of hydrogen-bond donors (Lipinski definition) is 0. The van der Waals surface area contributed by atoms with E-state index in [-0.39, 0.29) is 44.1 Å². The molecule has 0 radical (unpaired) electrons. The molecule has 4 aliphatic heterocycles. The average Bonchev–Trinajstić information content (AvgIpc) is 4.08. The third-order valence-electron chi connectivity index (χ3n) is 14.9. The van der Waals surface area contributed by atoms with Gasteiger partial charge in [-0.2, -0.15) is 0 Å². The van der Waals surface area contributed by atoms with Gasteiger partial charge in [0.1, 0.15) is 65.2 Å². The van der Waals surface area contributed by atoms with E-state index in [1.807, 2.05) is 58.9 Å². The van der Waals surface area contributed by atoms with Crippen LogP contribution >= 0.6 is 34.5 Å². The SMILES string of the molecule is Cc1c(Cl)c2c(Cl)c(C)c1-c1c(C3=CCCC3)sc3ncnc(c13)O[C@@H](C(=O)OC(C)(C)C)Cc1cc(ccc1OCc1ccnc(C3CCC(F)(COC[C@@H]4COCCO4)CC3)n1)OC[C@@H](CN1CCN(C)CC1)O2. The summed E-state index contributed by atoms with van der Waals surface area (Å²) in [6, 6.07) is 7.36. The quantitative estimate of drug-likeness (QED) is 0.109. The molecule has 7 heterocycles. The van der Waals surface area contributed by atoms with Gasteiger partial charge in [-0.15, -0.1) is 11.3 Å². The summed E-state index contributed by atoms with van der Waals surface area (Å²) < 4.78 is 66.2. The van der Waals surface area contributed by atoms with E-state index in [1.54, 1.807) is 17.5 Å². The Morgan fingerprint density at radius 2 is 1.75 bits per heavy atom. The molecule has 2 aromatic carbocycles. The van der Waals surface area contributed by atoms with Crippen molar-refractivity contribution in [2.75, 3.05) is 79.4 Å². The minimum absolute atomic E-state index is 0.0141. The molecule has 3 aromatic heterocycles. The molecule has 408 valence electrons. The van der Waals surface area contributed by atoms with Crippen molar-refractivity contribution in [3.63, 3.8) is 0 Å². The van der Waals surface area contributed by atoms with Crippen LogP contribution < -0.4 is 18.9 Å². The summed E-state index contributed by atoms with van der Waals surface area (Å²) >= 11 is 16.5. The van der Waals surface area contributed by atoms with Crippen LogP contribution in [0.1, 0.15) is 105 Å². The molecule has 2 aliphatic carbocycles. The number of halogens is 3. The third-order valence-corrected chi connectivity index (χ3v) is 17.0. The van der Waals surface area contributed by atoms with Crippen molar-refractivity contribution in [2.24, 2.45) is 0 Å². The van der Waals surface area contributed by atoms with E-state index >= 15 is 4.39 Å². The second-order valence-electron chi connectivity index (χ2n) is 21.8. The van der Waals surface area contributed by atoms with E-state index in [1.165, 1.54) is 11.9 Å². The van der Waals surface area contributed by atoms with Gasteiger partial charge in [-0.25, -0.2) is 29.1 Å². The number of fused-ring (bicyclic) bond motifs is 7. The minimum atomic E-state index is -1.43. The first kappa shape index (κ1) is 54.6. The summed E-state index contributed by atoms with van der Waals surface area (Å²) in [7, 11) is 2.13. The first-order chi connectivity index (χ1) is 36.6. The summed E-state index contributed by atoms with van der Waals surface area (Å²) in [6.45, 7) is 15.7. The number of thiophene rings is 1. The number of nitrogens with zero attached hydrogens (tertiary/aromatic N) is 6. The predicted molar refractivity (Wildman–Crippen MR) is 291 cm³/mol. The second kappa shape index (κ2) is 23.7. The van der Waals surface area contributed by atoms with E-state index in [2.05, 4.69) is 27.9 Å². The normalized spacial score (nSPS) is 23.8. The lowest BCUT2D eigenvalue weighted by Gasteiger charge is -2.35. The average molecular weight is 1100 g/mol. The highest BCUT2D eigenvalue weighted by Gasteiger charge is 2.38. The molecule has 0 amide bonds. The van der Waals surface area contributed by atoms with Crippen LogP contribution in [0.4, 0.5) is 4.39 Å². The van der Waals surface area contributed by atoms with Gasteiger partial charge in [0.2, 0.25) is 12.0 Å². The second-order valence-corrected chi connectivity index (χ2v) is 23.6. The number of benzene rings is 2. The molecule has 19 heteroatoms. The summed E-state index contributed by atoms with van der Waals surface area (Å²) in [5.74, 6) is 1.66. The van der Waals surface area contributed by atoms with Crippen LogP contribution in [-0.2, 0) is 36.8 Å². The standard InChI is InChI=1S/C57H69Cl2FN6O9S/c1-34-45-35(2)49(59)50(48(34)58)73-41(27-66-21-19-65(6)20-22-66)31-71-40-11-12-43(72-28-39-15-18-61-52(64-39)37-13-16-57(60,17-14-37)32-69-30-42-29-68-23-24-70-42)38(25-40)26-44(55(67)75-56(3,4)5)74-53-47-46(45)51(36-9-7-8-10-36)76-54(47)63-33-62-53/h9,11-12,15,18,25,33,37,41-42,44H,7-8,10,13-14,16-17,19-24,26-32H2,1-6H3/t37?,41-,42+,44-,57?/m1/s1. The fraction of sp³-hybridized carbons (Fsp3) is 0.561. The van der Waals surface area contributed by atoms with Gasteiger partial charge >= 0.3 is 5.97 Å². The van der Waals surface area contributed by atoms with E-state index in [0.717, 1.165) is 72.6 Å². The number of allylic oxidation sites excluding steroid dienone is 2. The van der Waals surface area contributed by atoms with E-state index < -0.39 is 29.4 Å². The van der Waals surface area contributed by atoms with Crippen LogP contribution in [-0.4, -0.2) is 145 Å². The number of ether oxygens (including phenoxy) is 8. The number of esters is 1. The monoisotopic (exact) mass is 1100 g/mol. The summed E-state index contributed by atoms with van der Waals surface area (Å²) in [5.41, 5.74) is 3.43. The van der Waals surface area contributed by atoms with E-state index in [4.69, 9.17) is 76.0 Å². The highest BCUT2D eigenvalue weighted by atomic mass is 35.5. The summed E-state index contributed by atoms with van der Waals surface area (Å²) in [4.78, 5) is 40.2. The van der Waals surface area contributed by atoms with Crippen molar-refractivity contribution in [1.82, 2.24) is 29.7 Å². The smallest absolute Gasteiger partial charge is 0.348 e. The van der Waals surface area contributed by atoms with Crippen molar-refractivity contribution in [2.45, 2.75) is 128 Å². The maximum absolute atomic E-state index is 16.0. The van der Waals surface area contributed by atoms with Gasteiger partial charge in [0, 0.05) is 67.3 Å². The molecule has 76 heavy (non-hydrogen) atoms. The van der Waals surface area contributed by atoms with E-state index in [0.29, 0.717) is 113 Å². The third kappa shape index (κ3) is 12.7. The van der Waals surface area contributed by atoms with Crippen LogP contribution in [0.25, 0.3) is 26.9 Å². The van der Waals surface area contributed by atoms with Gasteiger partial charge in [-0.05, 0) is 133 Å². The molecule has 0 unspecified atom stereocenters. The lowest BCUT2D eigenvalue weighted by Crippen LogP contribution is -2.49. The Labute approximate surface area is 458 Å². The fourth-order valence-corrected chi connectivity index (χ4v) is 12.5. The molecule has 3 atom stereocenters. The maximum Gasteiger partial charge on any atom is 0.348 e. The Bertz CT molecular complexity index is 2890. The topological polar surface area (TPSA) is 149 Å². The fourth-order valence-electron chi connectivity index (χ4n) is 10.8. The van der Waals surface area contributed by atoms with Crippen LogP contribution in [0.2, 0.25) is 10.0 Å². The van der Waals surface area contributed by atoms with Gasteiger partial charge in [-0.3, -0.25) is 4.90 Å². The Morgan fingerprint density at radius 1 is 0.961 bits per heavy atom. The largest absolute Gasteiger partial charge is 0.490 e. The molecular weight excluding hydrogens is 1030 g/mol. The number of piperazine rings is 1. The highest BCUT2D eigenvalue weighted by molar-refractivity contribution is 7.20. The Morgan fingerprint density at radius 3 is 2.47 bits per heavy atom. The first-order valence-corrected chi connectivity index (χ1v) is 28.2. The molecule has 11 rings (SSSR count). The molecule has 0 spiro atoms. The molecule has 15 nitrogen and oxygen atoms in total. The summed E-state index contributed by atoms with van der Waals surface area (Å²) in [5, 5.41) is 1.44. The molecule has 3 fully saturated rings. The number of alkyl halides is 1. The van der Waals surface area contributed by atoms with Crippen molar-refractivity contribution in [3.05, 3.63) is 86.0 Å². The van der Waals surface area contributed by atoms with Gasteiger partial charge in [0.25, 0.3) is 0 Å². The van der Waals surface area contributed by atoms with Crippen LogP contribution in [0.3, 0.4) is 0 Å². The molecular formula is C57H69Cl2FN6O9S. The van der Waals surface area contributed by atoms with Crippen molar-refractivity contribution in [3.8, 4) is 34.3 Å². The van der Waals surface area contributed by atoms with Crippen molar-refractivity contribution in [1.29, 1.82) is 0 Å². The first-order valence-electron chi connectivity index (χ1n) is 26.7. The Hall–Kier alpha value is -4.72. The van der Waals surface area contributed by atoms with Crippen LogP contribution in [0, 0.1) is 13.8 Å². The van der Waals surface area contributed by atoms with E-state index in [9.17, 15) is 4.79 Å². The number of carbonyl (C=O) groups is 1. The number of aromatic nitrogens is 4. The number of likely N-dealkylation sites (N-methyl/N-ethyl adjacent to an activating group) is 1. The lowest BCUT2D eigenvalue weighted by atomic mass is 9.80. The van der Waals surface area contributed by atoms with Gasteiger partial charge < -0.3 is 42.8 Å². The maximum atomic E-state index is 16.0. The zero-order valence-corrected chi connectivity index (χ0v) is 46.7. The molecule has 6 aliphatic rings. The number of rotatable bonds is 12. The zero-order valence-electron chi connectivity index (χ0n) is 44.4. The lowest BCUT2D eigenvalue weighted by molar-refractivity contribution is -0.163. The Balaban J connectivity index is 0.987. The van der Waals surface area contributed by atoms with Crippen LogP contribution in [0.5, 0.6) is 23.1 Å². The molecule has 4 bridgehead atoms. The molecule has 1 saturated carbocycles. The number of carbonyl (C=O) groups excluding carboxylic acids is 1. The van der Waals surface area contributed by atoms with Crippen LogP contribution in [0.15, 0.2) is 42.9 Å². The molecule has 0 N–H and O–H groups in total. The summed E-state index contributed by atoms with van der Waals surface area (Å²) in [6.07, 6.45) is 8.33. The van der Waals surface area contributed by atoms with Gasteiger partial charge in [-0.1, -0.05) is 29.3 Å². The number of hydrogen-bond acceptors (Lipinski definition) is 16. The van der Waals surface area contributed by atoms with Gasteiger partial charge in [0.05, 0.1) is 54.2 Å².